The first-order valence-electron chi connectivity index (χ1n) is 7.92. The van der Waals surface area contributed by atoms with E-state index in [1.165, 1.54) is 31.4 Å². The van der Waals surface area contributed by atoms with E-state index in [0.29, 0.717) is 11.5 Å². The Morgan fingerprint density at radius 1 is 1.25 bits per heavy atom. The van der Waals surface area contributed by atoms with Gasteiger partial charge < -0.3 is 10.2 Å². The Kier molecular flexibility index (Phi) is 5.22. The summed E-state index contributed by atoms with van der Waals surface area (Å²) in [7, 11) is 4.38. The summed E-state index contributed by atoms with van der Waals surface area (Å²) in [6.07, 6.45) is 4.07. The molecule has 112 valence electrons. The fraction of sp³-hybridized carbons (Fsp3) is 0.667. The zero-order chi connectivity index (χ0) is 14.6. The molecule has 20 heavy (non-hydrogen) atoms. The van der Waals surface area contributed by atoms with E-state index in [0.717, 1.165) is 12.5 Å². The van der Waals surface area contributed by atoms with Gasteiger partial charge in [-0.3, -0.25) is 0 Å². The maximum atomic E-state index is 3.59. The second kappa shape index (κ2) is 6.73. The maximum Gasteiger partial charge on any atom is 0.0230 e. The highest BCUT2D eigenvalue weighted by Gasteiger charge is 2.38. The van der Waals surface area contributed by atoms with E-state index in [1.54, 1.807) is 0 Å². The van der Waals surface area contributed by atoms with Gasteiger partial charge in [0, 0.05) is 19.1 Å². The zero-order valence-electron chi connectivity index (χ0n) is 13.5. The van der Waals surface area contributed by atoms with Crippen molar-refractivity contribution in [1.29, 1.82) is 0 Å². The van der Waals surface area contributed by atoms with Crippen molar-refractivity contribution in [3.05, 3.63) is 35.9 Å². The Morgan fingerprint density at radius 3 is 2.60 bits per heavy atom. The minimum atomic E-state index is 0.422. The molecule has 1 aliphatic rings. The van der Waals surface area contributed by atoms with Crippen LogP contribution in [0.15, 0.2) is 30.3 Å². The second-order valence-corrected chi connectivity index (χ2v) is 7.09. The highest BCUT2D eigenvalue weighted by Crippen LogP contribution is 2.39. The monoisotopic (exact) mass is 274 g/mol. The van der Waals surface area contributed by atoms with Crippen molar-refractivity contribution >= 4 is 0 Å². The van der Waals surface area contributed by atoms with E-state index in [-0.39, 0.29) is 0 Å². The summed E-state index contributed by atoms with van der Waals surface area (Å²) >= 11 is 0. The van der Waals surface area contributed by atoms with E-state index in [1.807, 2.05) is 0 Å². The van der Waals surface area contributed by atoms with Crippen LogP contribution in [0.4, 0.5) is 0 Å². The lowest BCUT2D eigenvalue weighted by molar-refractivity contribution is 0.0888. The first-order chi connectivity index (χ1) is 9.53. The van der Waals surface area contributed by atoms with Gasteiger partial charge in [0.05, 0.1) is 0 Å². The largest absolute Gasteiger partial charge is 0.316 e. The highest BCUT2D eigenvalue weighted by atomic mass is 15.1. The van der Waals surface area contributed by atoms with E-state index in [9.17, 15) is 0 Å². The molecule has 0 spiro atoms. The molecule has 2 atom stereocenters. The summed E-state index contributed by atoms with van der Waals surface area (Å²) in [5, 5.41) is 3.59. The van der Waals surface area contributed by atoms with Gasteiger partial charge in [-0.1, -0.05) is 50.6 Å². The molecule has 0 aromatic heterocycles. The number of benzene rings is 1. The van der Waals surface area contributed by atoms with Gasteiger partial charge in [-0.15, -0.1) is 0 Å². The lowest BCUT2D eigenvalue weighted by Gasteiger charge is -2.45. The summed E-state index contributed by atoms with van der Waals surface area (Å²) in [6, 6.07) is 11.4. The quantitative estimate of drug-likeness (QED) is 0.883. The predicted molar refractivity (Wildman–Crippen MR) is 86.7 cm³/mol. The topological polar surface area (TPSA) is 15.3 Å². The molecule has 1 aromatic carbocycles. The summed E-state index contributed by atoms with van der Waals surface area (Å²) in [5.74, 6) is 0.762. The van der Waals surface area contributed by atoms with Crippen LogP contribution in [-0.4, -0.2) is 31.6 Å². The number of nitrogens with one attached hydrogen (secondary N) is 1. The van der Waals surface area contributed by atoms with Gasteiger partial charge in [0.1, 0.15) is 0 Å². The van der Waals surface area contributed by atoms with Crippen molar-refractivity contribution in [1.82, 2.24) is 10.2 Å². The molecular formula is C18H30N2. The molecule has 2 heteroatoms. The van der Waals surface area contributed by atoms with Gasteiger partial charge in [0.15, 0.2) is 0 Å². The second-order valence-electron chi connectivity index (χ2n) is 7.09. The normalized spacial score (nSPS) is 25.9. The van der Waals surface area contributed by atoms with Crippen LogP contribution in [0, 0.1) is 11.3 Å². The minimum Gasteiger partial charge on any atom is -0.316 e. The van der Waals surface area contributed by atoms with Crippen molar-refractivity contribution < 1.29 is 0 Å². The zero-order valence-corrected chi connectivity index (χ0v) is 13.5. The molecule has 1 aromatic rings. The lowest BCUT2D eigenvalue weighted by atomic mass is 9.68. The van der Waals surface area contributed by atoms with E-state index >= 15 is 0 Å². The van der Waals surface area contributed by atoms with Crippen molar-refractivity contribution in [3.8, 4) is 0 Å². The van der Waals surface area contributed by atoms with E-state index < -0.39 is 0 Å². The van der Waals surface area contributed by atoms with E-state index in [2.05, 4.69) is 68.5 Å². The third-order valence-corrected chi connectivity index (χ3v) is 4.86. The van der Waals surface area contributed by atoms with Gasteiger partial charge in [0.25, 0.3) is 0 Å². The maximum absolute atomic E-state index is 3.59. The molecule has 0 heterocycles. The van der Waals surface area contributed by atoms with E-state index in [4.69, 9.17) is 0 Å². The highest BCUT2D eigenvalue weighted by molar-refractivity contribution is 5.14. The van der Waals surface area contributed by atoms with Gasteiger partial charge in [0.2, 0.25) is 0 Å². The van der Waals surface area contributed by atoms with Crippen molar-refractivity contribution in [3.63, 3.8) is 0 Å². The fourth-order valence-corrected chi connectivity index (χ4v) is 3.96. The summed E-state index contributed by atoms with van der Waals surface area (Å²) < 4.78 is 0. The SMILES string of the molecule is CNC1C(CN(C)Cc2ccccc2)CCCC1(C)C. The van der Waals surface area contributed by atoms with Gasteiger partial charge in [-0.05, 0) is 43.8 Å². The van der Waals surface area contributed by atoms with Gasteiger partial charge in [-0.25, -0.2) is 0 Å². The summed E-state index contributed by atoms with van der Waals surface area (Å²) in [6.45, 7) is 7.06. The smallest absolute Gasteiger partial charge is 0.0230 e. The van der Waals surface area contributed by atoms with Crippen LogP contribution >= 0.6 is 0 Å². The first kappa shape index (κ1) is 15.5. The standard InChI is InChI=1S/C18H30N2/c1-18(2)12-8-11-16(17(18)19-3)14-20(4)13-15-9-6-5-7-10-15/h5-7,9-10,16-17,19H,8,11-14H2,1-4H3. The molecule has 0 radical (unpaired) electrons. The van der Waals surface area contributed by atoms with Crippen molar-refractivity contribution in [2.24, 2.45) is 11.3 Å². The number of hydrogen-bond donors (Lipinski definition) is 1. The Bertz CT molecular complexity index is 399. The lowest BCUT2D eigenvalue weighted by Crippen LogP contribution is -2.51. The van der Waals surface area contributed by atoms with Gasteiger partial charge >= 0.3 is 0 Å². The molecule has 1 N–H and O–H groups in total. The molecule has 2 unspecified atom stereocenters. The van der Waals surface area contributed by atoms with Crippen LogP contribution < -0.4 is 5.32 Å². The van der Waals surface area contributed by atoms with Crippen LogP contribution in [0.3, 0.4) is 0 Å². The Hall–Kier alpha value is -0.860. The molecule has 1 aliphatic carbocycles. The molecule has 0 saturated heterocycles. The molecule has 2 nitrogen and oxygen atoms in total. The third kappa shape index (κ3) is 3.83. The average Bonchev–Trinajstić information content (AvgIpc) is 2.39. The fourth-order valence-electron chi connectivity index (χ4n) is 3.96. The van der Waals surface area contributed by atoms with Crippen LogP contribution in [0.5, 0.6) is 0 Å². The van der Waals surface area contributed by atoms with Crippen molar-refractivity contribution in [2.75, 3.05) is 20.6 Å². The predicted octanol–water partition coefficient (Wildman–Crippen LogP) is 3.53. The van der Waals surface area contributed by atoms with Crippen LogP contribution in [-0.2, 0) is 6.54 Å². The molecule has 1 saturated carbocycles. The molecular weight excluding hydrogens is 244 g/mol. The number of nitrogens with zero attached hydrogens (tertiary/aromatic N) is 1. The molecule has 0 aliphatic heterocycles. The first-order valence-corrected chi connectivity index (χ1v) is 7.92. The Morgan fingerprint density at radius 2 is 1.95 bits per heavy atom. The Balaban J connectivity index is 1.94. The summed E-state index contributed by atoms with van der Waals surface area (Å²) in [5.41, 5.74) is 1.83. The number of rotatable bonds is 5. The number of hydrogen-bond acceptors (Lipinski definition) is 2. The summed E-state index contributed by atoms with van der Waals surface area (Å²) in [4.78, 5) is 2.48. The Labute approximate surface area is 124 Å². The third-order valence-electron chi connectivity index (χ3n) is 4.86. The van der Waals surface area contributed by atoms with Crippen LogP contribution in [0.2, 0.25) is 0 Å². The van der Waals surface area contributed by atoms with Crippen LogP contribution in [0.25, 0.3) is 0 Å². The minimum absolute atomic E-state index is 0.422. The van der Waals surface area contributed by atoms with Crippen molar-refractivity contribution in [2.45, 2.75) is 45.7 Å². The average molecular weight is 274 g/mol. The molecule has 0 bridgehead atoms. The molecule has 0 amide bonds. The van der Waals surface area contributed by atoms with Crippen LogP contribution in [0.1, 0.15) is 38.7 Å². The molecule has 2 rings (SSSR count). The molecule has 1 fully saturated rings. The van der Waals surface area contributed by atoms with Gasteiger partial charge in [-0.2, -0.15) is 0 Å².